The summed E-state index contributed by atoms with van der Waals surface area (Å²) in [4.78, 5) is 45.3. The largest absolute Gasteiger partial charge is 0.478 e. The van der Waals surface area contributed by atoms with Crippen LogP contribution in [0.5, 0.6) is 57.5 Å². The summed E-state index contributed by atoms with van der Waals surface area (Å²) in [5.74, 6) is -0.359. The molecule has 9 aromatic rings. The van der Waals surface area contributed by atoms with Crippen LogP contribution < -0.4 is 34.3 Å². The first-order chi connectivity index (χ1) is 40.2. The number of aliphatic carboxylic acids is 2. The number of anilines is 2. The van der Waals surface area contributed by atoms with E-state index >= 15 is 0 Å². The van der Waals surface area contributed by atoms with Crippen LogP contribution in [-0.2, 0) is 48.7 Å². The molecule has 0 radical (unpaired) electrons. The quantitative estimate of drug-likeness (QED) is 0.0459. The lowest BCUT2D eigenvalue weighted by atomic mass is 10.3. The molecule has 0 bridgehead atoms. The molecule has 19 nitrogen and oxygen atoms in total. The van der Waals surface area contributed by atoms with Gasteiger partial charge in [-0.3, -0.25) is 9.59 Å². The summed E-state index contributed by atoms with van der Waals surface area (Å²) in [7, 11) is -11.9. The SMILES string of the molecule is O=C(O)/C=C/C(=O)Nc1cccc(Oc2ccc(S(=O)(=O)c3ccc(Oc4ccc(Oc5ccc(S(=O)(=O)c6ccc(Oc7ccc(S(=O)(=O)c8ccc(Oc9cccc(NC(=O)/C=C/C(=O)O)c9)cc8)cc7)cc6)cc5)cc4)cc3)cc2)c1. The predicted octanol–water partition coefficient (Wildman–Crippen LogP) is 12.3. The smallest absolute Gasteiger partial charge is 0.328 e. The molecular weight excluding hydrogens is 1140 g/mol. The Morgan fingerprint density at radius 1 is 0.286 bits per heavy atom. The van der Waals surface area contributed by atoms with Crippen LogP contribution in [0.4, 0.5) is 11.4 Å². The van der Waals surface area contributed by atoms with Crippen LogP contribution in [0.15, 0.2) is 272 Å². The van der Waals surface area contributed by atoms with Crippen LogP contribution in [0.25, 0.3) is 0 Å². The van der Waals surface area contributed by atoms with Crippen LogP contribution in [0.3, 0.4) is 0 Å². The van der Waals surface area contributed by atoms with Crippen LogP contribution in [0.2, 0.25) is 0 Å². The minimum absolute atomic E-state index is 0.00185. The minimum Gasteiger partial charge on any atom is -0.478 e. The van der Waals surface area contributed by atoms with Crippen molar-refractivity contribution in [1.29, 1.82) is 0 Å². The van der Waals surface area contributed by atoms with Crippen LogP contribution >= 0.6 is 0 Å². The first-order valence-corrected chi connectivity index (χ1v) is 29.2. The van der Waals surface area contributed by atoms with Crippen LogP contribution in [0.1, 0.15) is 0 Å². The summed E-state index contributed by atoms with van der Waals surface area (Å²) in [5, 5.41) is 22.5. The maximum absolute atomic E-state index is 13.6. The molecule has 0 fully saturated rings. The van der Waals surface area contributed by atoms with Crippen molar-refractivity contribution in [2.45, 2.75) is 29.4 Å². The number of hydrogen-bond acceptors (Lipinski definition) is 15. The fraction of sp³-hybridized carbons (Fsp3) is 0. The van der Waals surface area contributed by atoms with Crippen molar-refractivity contribution in [3.8, 4) is 57.5 Å². The molecule has 0 unspecified atom stereocenters. The van der Waals surface area contributed by atoms with E-state index in [0.717, 1.165) is 12.2 Å². The Bertz CT molecular complexity index is 4310. The molecule has 2 amide bonds. The van der Waals surface area contributed by atoms with E-state index in [2.05, 4.69) is 10.6 Å². The van der Waals surface area contributed by atoms with E-state index in [1.807, 2.05) is 0 Å². The van der Waals surface area contributed by atoms with E-state index in [-0.39, 0.29) is 29.4 Å². The monoisotopic (exact) mass is 1180 g/mol. The third-order valence-corrected chi connectivity index (χ3v) is 17.1. The number of rotatable bonds is 22. The number of nitrogens with one attached hydrogen (secondary N) is 2. The van der Waals surface area contributed by atoms with Crippen LogP contribution in [0, 0.1) is 0 Å². The molecule has 0 aliphatic rings. The average molecular weight is 1190 g/mol. The first-order valence-electron chi connectivity index (χ1n) is 24.7. The van der Waals surface area contributed by atoms with Crippen molar-refractivity contribution >= 4 is 64.6 Å². The fourth-order valence-corrected chi connectivity index (χ4v) is 11.5. The summed E-state index contributed by atoms with van der Waals surface area (Å²) in [6.45, 7) is 0. The summed E-state index contributed by atoms with van der Waals surface area (Å²) < 4.78 is 111. The van der Waals surface area contributed by atoms with Gasteiger partial charge >= 0.3 is 11.9 Å². The van der Waals surface area contributed by atoms with Crippen molar-refractivity contribution in [3.05, 3.63) is 243 Å². The molecule has 0 aromatic heterocycles. The Hall–Kier alpha value is -10.8. The topological polar surface area (TPSA) is 281 Å². The van der Waals surface area contributed by atoms with Gasteiger partial charge in [0.05, 0.1) is 29.4 Å². The molecule has 422 valence electrons. The molecule has 0 saturated carbocycles. The molecule has 0 heterocycles. The number of carbonyl (C=O) groups excluding carboxylic acids is 2. The number of carboxylic acids is 2. The molecule has 0 spiro atoms. The van der Waals surface area contributed by atoms with Crippen molar-refractivity contribution in [3.63, 3.8) is 0 Å². The van der Waals surface area contributed by atoms with Gasteiger partial charge in [-0.2, -0.15) is 0 Å². The summed E-state index contributed by atoms with van der Waals surface area (Å²) in [6, 6.07) is 53.9. The fourth-order valence-electron chi connectivity index (χ4n) is 7.72. The molecular formula is C62H44N2O17S3. The Kier molecular flexibility index (Phi) is 17.4. The third-order valence-electron chi connectivity index (χ3n) is 11.8. The summed E-state index contributed by atoms with van der Waals surface area (Å²) in [5.41, 5.74) is 0.698. The zero-order valence-corrected chi connectivity index (χ0v) is 45.8. The normalized spacial score (nSPS) is 11.6. The predicted molar refractivity (Wildman–Crippen MR) is 306 cm³/mol. The summed E-state index contributed by atoms with van der Waals surface area (Å²) >= 11 is 0. The number of ether oxygens (including phenoxy) is 5. The van der Waals surface area contributed by atoms with Gasteiger partial charge < -0.3 is 44.5 Å². The van der Waals surface area contributed by atoms with Crippen molar-refractivity contribution in [2.75, 3.05) is 10.6 Å². The lowest BCUT2D eigenvalue weighted by molar-refractivity contribution is -0.132. The van der Waals surface area contributed by atoms with Crippen molar-refractivity contribution in [2.24, 2.45) is 0 Å². The molecule has 0 aliphatic carbocycles. The third kappa shape index (κ3) is 14.9. The molecule has 0 saturated heterocycles. The lowest BCUT2D eigenvalue weighted by Gasteiger charge is -2.11. The van der Waals surface area contributed by atoms with Gasteiger partial charge in [-0.05, 0) is 194 Å². The van der Waals surface area contributed by atoms with Gasteiger partial charge in [-0.25, -0.2) is 34.8 Å². The summed E-state index contributed by atoms with van der Waals surface area (Å²) in [6.07, 6.45) is 3.17. The number of amides is 2. The molecule has 0 atom stereocenters. The molecule has 22 heteroatoms. The molecule has 9 aromatic carbocycles. The van der Waals surface area contributed by atoms with Gasteiger partial charge in [0.25, 0.3) is 0 Å². The van der Waals surface area contributed by atoms with E-state index in [0.29, 0.717) is 81.0 Å². The zero-order valence-electron chi connectivity index (χ0n) is 43.3. The molecule has 84 heavy (non-hydrogen) atoms. The van der Waals surface area contributed by atoms with Crippen molar-refractivity contribution < 1.29 is 78.3 Å². The van der Waals surface area contributed by atoms with E-state index in [4.69, 9.17) is 33.9 Å². The maximum Gasteiger partial charge on any atom is 0.328 e. The van der Waals surface area contributed by atoms with Gasteiger partial charge in [-0.1, -0.05) is 12.1 Å². The second-order valence-electron chi connectivity index (χ2n) is 17.7. The Morgan fingerprint density at radius 3 is 0.702 bits per heavy atom. The van der Waals surface area contributed by atoms with Gasteiger partial charge in [-0.15, -0.1) is 0 Å². The number of carbonyl (C=O) groups is 4. The number of carboxylic acid groups (broad SMARTS) is 2. The number of sulfone groups is 3. The second-order valence-corrected chi connectivity index (χ2v) is 23.5. The van der Waals surface area contributed by atoms with Gasteiger partial charge in [0.15, 0.2) is 0 Å². The van der Waals surface area contributed by atoms with Gasteiger partial charge in [0, 0.05) is 47.8 Å². The van der Waals surface area contributed by atoms with E-state index in [1.54, 1.807) is 60.7 Å². The van der Waals surface area contributed by atoms with Crippen molar-refractivity contribution in [1.82, 2.24) is 0 Å². The Balaban J connectivity index is 0.736. The first kappa shape index (κ1) is 57.9. The molecule has 0 aliphatic heterocycles. The highest BCUT2D eigenvalue weighted by molar-refractivity contribution is 7.92. The molecule has 4 N–H and O–H groups in total. The van der Waals surface area contributed by atoms with Gasteiger partial charge in [0.1, 0.15) is 57.5 Å². The Labute approximate surface area is 480 Å². The second kappa shape index (κ2) is 25.3. The van der Waals surface area contributed by atoms with Crippen LogP contribution in [-0.4, -0.2) is 59.2 Å². The van der Waals surface area contributed by atoms with E-state index < -0.39 is 53.3 Å². The maximum atomic E-state index is 13.6. The number of hydrogen-bond donors (Lipinski definition) is 4. The minimum atomic E-state index is -3.97. The highest BCUT2D eigenvalue weighted by atomic mass is 32.2. The highest BCUT2D eigenvalue weighted by Crippen LogP contribution is 2.34. The zero-order chi connectivity index (χ0) is 59.4. The van der Waals surface area contributed by atoms with E-state index in [9.17, 15) is 44.4 Å². The van der Waals surface area contributed by atoms with Gasteiger partial charge in [0.2, 0.25) is 41.3 Å². The average Bonchev–Trinajstić information content (AvgIpc) is 3.39. The molecule has 9 rings (SSSR count). The van der Waals surface area contributed by atoms with E-state index in [1.165, 1.54) is 158 Å². The lowest BCUT2D eigenvalue weighted by Crippen LogP contribution is -2.08. The Morgan fingerprint density at radius 2 is 0.488 bits per heavy atom. The standard InChI is InChI=1S/C62H44N2O17S3/c65-59(35-37-61(67)68)63-41-3-1-5-51(39-41)80-49-19-31-57(32-20-49)83(73,74)54-25-13-46(14-26-54)78-44-9-7-43(8-10-44)77-45-11-23-53(24-12-45)82(71,72)55-27-15-47(16-28-55)79-48-17-29-56(30-18-48)84(75,76)58-33-21-50(22-34-58)81-52-6-2-4-42(40-52)64-60(66)36-38-62(69)70/h1-40H,(H,63,65)(H,64,66)(H,67,68)(H,69,70)/b37-35+,38-36+. The highest BCUT2D eigenvalue weighted by Gasteiger charge is 2.21. The number of benzene rings is 9.